The van der Waals surface area contributed by atoms with Gasteiger partial charge in [0.05, 0.1) is 5.69 Å². The van der Waals surface area contributed by atoms with Crippen molar-refractivity contribution in [2.24, 2.45) is 0 Å². The molecule has 7 nitrogen and oxygen atoms in total. The normalized spacial score (nSPS) is 12.1. The number of rotatable bonds is 10. The highest BCUT2D eigenvalue weighted by molar-refractivity contribution is 7.14. The zero-order chi connectivity index (χ0) is 20.6. The highest BCUT2D eigenvalue weighted by atomic mass is 32.1. The van der Waals surface area contributed by atoms with Crippen LogP contribution in [0.1, 0.15) is 46.0 Å². The molecule has 1 aromatic heterocycles. The van der Waals surface area contributed by atoms with Gasteiger partial charge in [-0.25, -0.2) is 4.98 Å². The summed E-state index contributed by atoms with van der Waals surface area (Å²) in [6.45, 7) is 5.92. The van der Waals surface area contributed by atoms with Crippen LogP contribution < -0.4 is 14.8 Å². The minimum Gasteiger partial charge on any atom is -0.454 e. The molecule has 1 aliphatic heterocycles. The Bertz CT molecular complexity index is 846. The monoisotopic (exact) mass is 417 g/mol. The average molecular weight is 418 g/mol. The number of hydrogen-bond acceptors (Lipinski definition) is 6. The molecule has 0 radical (unpaired) electrons. The predicted molar refractivity (Wildman–Crippen MR) is 113 cm³/mol. The molecule has 0 saturated carbocycles. The van der Waals surface area contributed by atoms with E-state index < -0.39 is 0 Å². The molecule has 2 heterocycles. The molecule has 156 valence electrons. The lowest BCUT2D eigenvalue weighted by Gasteiger charge is -2.21. The van der Waals surface area contributed by atoms with E-state index in [9.17, 15) is 9.59 Å². The summed E-state index contributed by atoms with van der Waals surface area (Å²) in [6.07, 6.45) is 3.13. The summed E-state index contributed by atoms with van der Waals surface area (Å²) in [5.41, 5.74) is 1.68. The van der Waals surface area contributed by atoms with Crippen molar-refractivity contribution in [1.29, 1.82) is 0 Å². The minimum absolute atomic E-state index is 0.123. The summed E-state index contributed by atoms with van der Waals surface area (Å²) in [7, 11) is 0. The molecule has 8 heteroatoms. The first-order chi connectivity index (χ1) is 14.1. The highest BCUT2D eigenvalue weighted by Gasteiger charge is 2.16. The summed E-state index contributed by atoms with van der Waals surface area (Å²) in [5.74, 6) is 1.43. The number of ether oxygens (including phenoxy) is 2. The predicted octanol–water partition coefficient (Wildman–Crippen LogP) is 4.30. The van der Waals surface area contributed by atoms with Crippen molar-refractivity contribution in [2.45, 2.75) is 46.0 Å². The first-order valence-corrected chi connectivity index (χ1v) is 10.9. The van der Waals surface area contributed by atoms with Gasteiger partial charge in [0.25, 0.3) is 0 Å². The lowest BCUT2D eigenvalue weighted by molar-refractivity contribution is -0.131. The maximum atomic E-state index is 12.3. The van der Waals surface area contributed by atoms with Gasteiger partial charge < -0.3 is 19.7 Å². The number of carbonyl (C=O) groups is 2. The van der Waals surface area contributed by atoms with Crippen LogP contribution in [0.4, 0.5) is 5.13 Å². The Morgan fingerprint density at radius 1 is 1.14 bits per heavy atom. The van der Waals surface area contributed by atoms with Gasteiger partial charge in [0.1, 0.15) is 0 Å². The van der Waals surface area contributed by atoms with Crippen LogP contribution in [-0.2, 0) is 9.59 Å². The number of nitrogens with one attached hydrogen (secondary N) is 1. The molecule has 1 aromatic carbocycles. The molecule has 0 aliphatic carbocycles. The van der Waals surface area contributed by atoms with Gasteiger partial charge in [-0.05, 0) is 37.5 Å². The fraction of sp³-hybridized carbons (Fsp3) is 0.476. The largest absolute Gasteiger partial charge is 0.454 e. The lowest BCUT2D eigenvalue weighted by Crippen LogP contribution is -2.32. The van der Waals surface area contributed by atoms with Gasteiger partial charge in [0.2, 0.25) is 18.6 Å². The molecule has 0 fully saturated rings. The Morgan fingerprint density at radius 3 is 2.66 bits per heavy atom. The second-order valence-corrected chi connectivity index (χ2v) is 7.75. The molecule has 0 atom stereocenters. The standard InChI is InChI=1S/C21H27N3O4S/c1-3-10-24(11-4-2)20(26)7-5-6-19(25)23-21-22-16(13-29-21)15-8-9-17-18(12-15)28-14-27-17/h8-9,12-13H,3-7,10-11,14H2,1-2H3,(H,22,23,25). The first kappa shape index (κ1) is 21.1. The van der Waals surface area contributed by atoms with Crippen LogP contribution in [0.3, 0.4) is 0 Å². The van der Waals surface area contributed by atoms with E-state index in [1.54, 1.807) is 0 Å². The summed E-state index contributed by atoms with van der Waals surface area (Å²) < 4.78 is 10.7. The number of fused-ring (bicyclic) bond motifs is 1. The van der Waals surface area contributed by atoms with Crippen LogP contribution in [0.25, 0.3) is 11.3 Å². The van der Waals surface area contributed by atoms with Crippen LogP contribution in [-0.4, -0.2) is 41.6 Å². The first-order valence-electron chi connectivity index (χ1n) is 10.0. The molecular weight excluding hydrogens is 390 g/mol. The average Bonchev–Trinajstić information content (AvgIpc) is 3.36. The van der Waals surface area contributed by atoms with E-state index in [0.717, 1.165) is 42.9 Å². The van der Waals surface area contributed by atoms with Gasteiger partial charge in [-0.1, -0.05) is 13.8 Å². The summed E-state index contributed by atoms with van der Waals surface area (Å²) in [6, 6.07) is 5.65. The number of hydrogen-bond donors (Lipinski definition) is 1. The van der Waals surface area contributed by atoms with Gasteiger partial charge in [-0.2, -0.15) is 0 Å². The van der Waals surface area contributed by atoms with E-state index >= 15 is 0 Å². The van der Waals surface area contributed by atoms with Gasteiger partial charge in [-0.15, -0.1) is 11.3 Å². The Hall–Kier alpha value is -2.61. The topological polar surface area (TPSA) is 80.8 Å². The second kappa shape index (κ2) is 10.2. The van der Waals surface area contributed by atoms with Gasteiger partial charge in [-0.3, -0.25) is 9.59 Å². The zero-order valence-corrected chi connectivity index (χ0v) is 17.7. The van der Waals surface area contributed by atoms with Crippen molar-refractivity contribution in [2.75, 3.05) is 25.2 Å². The molecule has 0 unspecified atom stereocenters. The molecule has 2 aromatic rings. The number of carbonyl (C=O) groups excluding carboxylic acids is 2. The molecule has 0 spiro atoms. The van der Waals surface area contributed by atoms with Gasteiger partial charge in [0.15, 0.2) is 16.6 Å². The SMILES string of the molecule is CCCN(CCC)C(=O)CCCC(=O)Nc1nc(-c2ccc3c(c2)OCO3)cs1. The minimum atomic E-state index is -0.123. The maximum Gasteiger partial charge on any atom is 0.231 e. The Balaban J connectivity index is 1.47. The van der Waals surface area contributed by atoms with E-state index in [1.165, 1.54) is 11.3 Å². The van der Waals surface area contributed by atoms with Crippen molar-refractivity contribution >= 4 is 28.3 Å². The second-order valence-electron chi connectivity index (χ2n) is 6.89. The molecule has 2 amide bonds. The van der Waals surface area contributed by atoms with E-state index in [-0.39, 0.29) is 18.6 Å². The van der Waals surface area contributed by atoms with Crippen molar-refractivity contribution in [3.8, 4) is 22.8 Å². The highest BCUT2D eigenvalue weighted by Crippen LogP contribution is 2.36. The lowest BCUT2D eigenvalue weighted by atomic mass is 10.1. The van der Waals surface area contributed by atoms with E-state index in [0.29, 0.717) is 30.1 Å². The van der Waals surface area contributed by atoms with E-state index in [4.69, 9.17) is 9.47 Å². The number of anilines is 1. The third-order valence-electron chi connectivity index (χ3n) is 4.55. The number of aromatic nitrogens is 1. The number of nitrogens with zero attached hydrogens (tertiary/aromatic N) is 2. The summed E-state index contributed by atoms with van der Waals surface area (Å²) >= 11 is 1.37. The Morgan fingerprint density at radius 2 is 1.90 bits per heavy atom. The van der Waals surface area contributed by atoms with Gasteiger partial charge >= 0.3 is 0 Å². The molecular formula is C21H27N3O4S. The van der Waals surface area contributed by atoms with Crippen molar-refractivity contribution < 1.29 is 19.1 Å². The molecule has 1 aliphatic rings. The molecule has 0 saturated heterocycles. The van der Waals surface area contributed by atoms with E-state index in [1.807, 2.05) is 28.5 Å². The van der Waals surface area contributed by atoms with Crippen molar-refractivity contribution in [1.82, 2.24) is 9.88 Å². The van der Waals surface area contributed by atoms with Crippen LogP contribution in [0.15, 0.2) is 23.6 Å². The maximum absolute atomic E-state index is 12.3. The van der Waals surface area contributed by atoms with Crippen molar-refractivity contribution in [3.63, 3.8) is 0 Å². The van der Waals surface area contributed by atoms with Crippen molar-refractivity contribution in [3.05, 3.63) is 23.6 Å². The fourth-order valence-electron chi connectivity index (χ4n) is 3.16. The summed E-state index contributed by atoms with van der Waals surface area (Å²) in [5, 5.41) is 5.27. The number of amides is 2. The smallest absolute Gasteiger partial charge is 0.231 e. The Kier molecular flexibility index (Phi) is 7.46. The third kappa shape index (κ3) is 5.69. The summed E-state index contributed by atoms with van der Waals surface area (Å²) in [4.78, 5) is 30.8. The van der Waals surface area contributed by atoms with E-state index in [2.05, 4.69) is 24.1 Å². The van der Waals surface area contributed by atoms with Crippen LogP contribution in [0.5, 0.6) is 11.5 Å². The van der Waals surface area contributed by atoms with Crippen LogP contribution >= 0.6 is 11.3 Å². The third-order valence-corrected chi connectivity index (χ3v) is 5.31. The van der Waals surface area contributed by atoms with Crippen LogP contribution in [0.2, 0.25) is 0 Å². The van der Waals surface area contributed by atoms with Crippen LogP contribution in [0, 0.1) is 0 Å². The molecule has 3 rings (SSSR count). The molecule has 29 heavy (non-hydrogen) atoms. The fourth-order valence-corrected chi connectivity index (χ4v) is 3.90. The van der Waals surface area contributed by atoms with Gasteiger partial charge in [0, 0.05) is 36.9 Å². The molecule has 0 bridgehead atoms. The Labute approximate surface area is 175 Å². The number of thiazole rings is 1. The quantitative estimate of drug-likeness (QED) is 0.623. The number of benzene rings is 1. The molecule has 1 N–H and O–H groups in total. The zero-order valence-electron chi connectivity index (χ0n) is 16.9.